The molecule has 2 aromatic rings. The number of fused-ring (bicyclic) bond motifs is 1. The number of aromatic nitrogens is 4. The third kappa shape index (κ3) is 6.35. The SMILES string of the molecule is CO[C@H]1C=C(COP(=O)(O)OP(=O)(O)OC[C@H]2O[C@@H](n3cnc4c(=O)[nH]c(N)nc43)[C@H](O)[C@@H]2O)[C@@H](O)[C@H](O)[C@@H]1O. The van der Waals surface area contributed by atoms with Crippen LogP contribution in [0.5, 0.6) is 0 Å². The Balaban J connectivity index is 1.37. The van der Waals surface area contributed by atoms with E-state index in [1.165, 1.54) is 7.11 Å². The first-order chi connectivity index (χ1) is 18.6. The van der Waals surface area contributed by atoms with Crippen molar-refractivity contribution in [2.75, 3.05) is 26.1 Å². The molecule has 224 valence electrons. The summed E-state index contributed by atoms with van der Waals surface area (Å²) in [5.74, 6) is -0.261. The molecular weight excluding hydrogens is 588 g/mol. The molecule has 22 heteroatoms. The molecule has 40 heavy (non-hydrogen) atoms. The van der Waals surface area contributed by atoms with E-state index >= 15 is 0 Å². The topological polar surface area (TPSA) is 311 Å². The van der Waals surface area contributed by atoms with Gasteiger partial charge in [0.15, 0.2) is 17.4 Å². The van der Waals surface area contributed by atoms with Gasteiger partial charge < -0.3 is 50.5 Å². The van der Waals surface area contributed by atoms with E-state index in [4.69, 9.17) is 15.2 Å². The second-order valence-corrected chi connectivity index (χ2v) is 11.8. The summed E-state index contributed by atoms with van der Waals surface area (Å²) in [6.07, 6.45) is -10.1. The third-order valence-electron chi connectivity index (χ3n) is 6.11. The highest BCUT2D eigenvalue weighted by molar-refractivity contribution is 7.61. The average Bonchev–Trinajstić information content (AvgIpc) is 3.41. The van der Waals surface area contributed by atoms with Gasteiger partial charge in [-0.1, -0.05) is 0 Å². The molecule has 20 nitrogen and oxygen atoms in total. The number of ether oxygens (including phenoxy) is 2. The van der Waals surface area contributed by atoms with Gasteiger partial charge in [0.1, 0.15) is 42.7 Å². The van der Waals surface area contributed by atoms with Crippen LogP contribution in [0.2, 0.25) is 0 Å². The molecule has 1 aliphatic heterocycles. The molecule has 0 bridgehead atoms. The Kier molecular flexibility index (Phi) is 8.96. The number of rotatable bonds is 10. The predicted octanol–water partition coefficient (Wildman–Crippen LogP) is -3.39. The van der Waals surface area contributed by atoms with Crippen molar-refractivity contribution in [2.45, 2.75) is 49.0 Å². The molecule has 10 atom stereocenters. The van der Waals surface area contributed by atoms with Crippen molar-refractivity contribution in [3.05, 3.63) is 28.3 Å². The van der Waals surface area contributed by atoms with E-state index in [9.17, 15) is 49.2 Å². The minimum absolute atomic E-state index is 0.0920. The van der Waals surface area contributed by atoms with Crippen molar-refractivity contribution in [1.82, 2.24) is 19.5 Å². The van der Waals surface area contributed by atoms with Crippen LogP contribution in [0.25, 0.3) is 11.2 Å². The Morgan fingerprint density at radius 3 is 2.42 bits per heavy atom. The lowest BCUT2D eigenvalue weighted by Crippen LogP contribution is -2.49. The predicted molar refractivity (Wildman–Crippen MR) is 128 cm³/mol. The van der Waals surface area contributed by atoms with Crippen molar-refractivity contribution in [1.29, 1.82) is 0 Å². The average molecular weight is 615 g/mol. The van der Waals surface area contributed by atoms with Gasteiger partial charge in [-0.05, 0) is 11.6 Å². The van der Waals surface area contributed by atoms with Gasteiger partial charge in [-0.15, -0.1) is 0 Å². The molecule has 0 spiro atoms. The van der Waals surface area contributed by atoms with Crippen molar-refractivity contribution in [2.24, 2.45) is 0 Å². The van der Waals surface area contributed by atoms with Crippen molar-refractivity contribution >= 4 is 32.8 Å². The van der Waals surface area contributed by atoms with Crippen LogP contribution in [0.1, 0.15) is 6.23 Å². The first-order valence-corrected chi connectivity index (χ1v) is 14.3. The summed E-state index contributed by atoms with van der Waals surface area (Å²) in [4.78, 5) is 41.8. The third-order valence-corrected chi connectivity index (χ3v) is 8.69. The van der Waals surface area contributed by atoms with Gasteiger partial charge >= 0.3 is 15.6 Å². The normalized spacial score (nSPS) is 34.0. The fourth-order valence-electron chi connectivity index (χ4n) is 4.08. The number of phosphoric ester groups is 2. The van der Waals surface area contributed by atoms with Crippen LogP contribution in [0.15, 0.2) is 22.8 Å². The molecular formula is C18H27N5O15P2. The van der Waals surface area contributed by atoms with E-state index in [1.807, 2.05) is 0 Å². The summed E-state index contributed by atoms with van der Waals surface area (Å²) >= 11 is 0. The number of anilines is 1. The fourth-order valence-corrected chi connectivity index (χ4v) is 6.14. The van der Waals surface area contributed by atoms with Gasteiger partial charge in [0, 0.05) is 7.11 Å². The van der Waals surface area contributed by atoms with Crippen LogP contribution in [0, 0.1) is 0 Å². The highest BCUT2D eigenvalue weighted by Crippen LogP contribution is 2.60. The lowest BCUT2D eigenvalue weighted by Gasteiger charge is -2.33. The summed E-state index contributed by atoms with van der Waals surface area (Å²) in [6.45, 7) is -1.81. The van der Waals surface area contributed by atoms with E-state index in [-0.39, 0.29) is 22.7 Å². The molecule has 2 unspecified atom stereocenters. The van der Waals surface area contributed by atoms with Crippen LogP contribution < -0.4 is 11.3 Å². The second kappa shape index (κ2) is 11.6. The van der Waals surface area contributed by atoms with Crippen LogP contribution in [0.3, 0.4) is 0 Å². The Morgan fingerprint density at radius 1 is 1.07 bits per heavy atom. The van der Waals surface area contributed by atoms with Gasteiger partial charge in [0.25, 0.3) is 5.56 Å². The molecule has 0 aromatic carbocycles. The zero-order valence-electron chi connectivity index (χ0n) is 20.4. The minimum atomic E-state index is -5.37. The highest BCUT2D eigenvalue weighted by Gasteiger charge is 2.46. The molecule has 10 N–H and O–H groups in total. The van der Waals surface area contributed by atoms with Gasteiger partial charge in [-0.2, -0.15) is 9.29 Å². The molecule has 4 rings (SSSR count). The van der Waals surface area contributed by atoms with Gasteiger partial charge in [0.05, 0.1) is 19.5 Å². The number of hydrogen-bond acceptors (Lipinski definition) is 16. The maximum atomic E-state index is 12.3. The first-order valence-electron chi connectivity index (χ1n) is 11.3. The molecule has 1 saturated heterocycles. The van der Waals surface area contributed by atoms with Crippen LogP contribution in [-0.4, -0.2) is 118 Å². The summed E-state index contributed by atoms with van der Waals surface area (Å²) in [7, 11) is -9.51. The number of H-pyrrole nitrogens is 1. The number of methoxy groups -OCH3 is 1. The number of phosphoric acid groups is 2. The fraction of sp³-hybridized carbons (Fsp3) is 0.611. The number of aliphatic hydroxyl groups is 5. The number of hydrogen-bond donors (Lipinski definition) is 9. The number of nitrogens with one attached hydrogen (secondary N) is 1. The number of aromatic amines is 1. The largest absolute Gasteiger partial charge is 0.481 e. The zero-order chi connectivity index (χ0) is 29.6. The number of nitrogens with zero attached hydrogens (tertiary/aromatic N) is 3. The highest BCUT2D eigenvalue weighted by atomic mass is 31.3. The summed E-state index contributed by atoms with van der Waals surface area (Å²) in [6, 6.07) is 0. The first kappa shape index (κ1) is 30.8. The lowest BCUT2D eigenvalue weighted by atomic mass is 9.90. The molecule has 2 aromatic heterocycles. The van der Waals surface area contributed by atoms with E-state index in [2.05, 4.69) is 28.3 Å². The van der Waals surface area contributed by atoms with Gasteiger partial charge in [-0.25, -0.2) is 14.1 Å². The Labute approximate surface area is 223 Å². The monoisotopic (exact) mass is 615 g/mol. The van der Waals surface area contributed by atoms with E-state index in [1.54, 1.807) is 0 Å². The van der Waals surface area contributed by atoms with E-state index in [0.29, 0.717) is 0 Å². The smallest absolute Gasteiger partial charge is 0.387 e. The van der Waals surface area contributed by atoms with Crippen molar-refractivity contribution in [3.8, 4) is 0 Å². The summed E-state index contributed by atoms with van der Waals surface area (Å²) in [5.41, 5.74) is 4.43. The standard InChI is InChI=1S/C18H27N5O15P2/c1-34-7-2-6(10(24)13(27)11(7)25)3-35-39(30,31)38-40(32,33)36-4-8-12(26)14(28)17(37-8)23-5-20-9-15(23)21-18(19)22-16(9)29/h2,5,7-8,10-14,17,24-28H,3-4H2,1H3,(H,30,31)(H,32,33)(H3,19,21,22,29)/t7-,8+,10+,11+,12+,13-,14+,17+/m0/s1. The Morgan fingerprint density at radius 2 is 1.75 bits per heavy atom. The number of aliphatic hydroxyl groups excluding tert-OH is 5. The quantitative estimate of drug-likeness (QED) is 0.0929. The molecule has 3 heterocycles. The number of nitrogens with two attached hydrogens (primary N) is 1. The summed E-state index contributed by atoms with van der Waals surface area (Å²) < 4.78 is 49.5. The van der Waals surface area contributed by atoms with Crippen molar-refractivity contribution in [3.63, 3.8) is 0 Å². The van der Waals surface area contributed by atoms with E-state index < -0.39 is 83.4 Å². The Hall–Kier alpha value is -2.13. The molecule has 0 saturated carbocycles. The lowest BCUT2D eigenvalue weighted by molar-refractivity contribution is -0.104. The molecule has 1 fully saturated rings. The summed E-state index contributed by atoms with van der Waals surface area (Å²) in [5, 5.41) is 50.5. The van der Waals surface area contributed by atoms with Crippen molar-refractivity contribution < 1.29 is 67.3 Å². The number of nitrogen functional groups attached to an aromatic ring is 1. The molecule has 1 aliphatic carbocycles. The second-order valence-electron chi connectivity index (χ2n) is 8.78. The van der Waals surface area contributed by atoms with Gasteiger partial charge in [-0.3, -0.25) is 23.4 Å². The van der Waals surface area contributed by atoms with Crippen LogP contribution >= 0.6 is 15.6 Å². The molecule has 0 radical (unpaired) electrons. The molecule has 0 amide bonds. The zero-order valence-corrected chi connectivity index (χ0v) is 22.2. The number of imidazole rings is 1. The van der Waals surface area contributed by atoms with E-state index in [0.717, 1.165) is 17.0 Å². The van der Waals surface area contributed by atoms with Crippen LogP contribution in [0.4, 0.5) is 5.95 Å². The molecule has 2 aliphatic rings. The Bertz CT molecular complexity index is 1420. The van der Waals surface area contributed by atoms with Crippen LogP contribution in [-0.2, 0) is 32.0 Å². The maximum absolute atomic E-state index is 12.3. The minimum Gasteiger partial charge on any atom is -0.387 e. The van der Waals surface area contributed by atoms with Gasteiger partial charge in [0.2, 0.25) is 5.95 Å². The maximum Gasteiger partial charge on any atom is 0.481 e.